The van der Waals surface area contributed by atoms with E-state index in [9.17, 15) is 4.79 Å². The summed E-state index contributed by atoms with van der Waals surface area (Å²) in [7, 11) is 0. The molecule has 0 aromatic rings. The van der Waals surface area contributed by atoms with E-state index in [1.807, 2.05) is 6.92 Å². The van der Waals surface area contributed by atoms with Crippen molar-refractivity contribution >= 4 is 5.97 Å². The van der Waals surface area contributed by atoms with E-state index in [1.165, 1.54) is 19.3 Å². The predicted octanol–water partition coefficient (Wildman–Crippen LogP) is 0.714. The van der Waals surface area contributed by atoms with E-state index in [0.29, 0.717) is 0 Å². The van der Waals surface area contributed by atoms with Gasteiger partial charge in [0.15, 0.2) is 0 Å². The van der Waals surface area contributed by atoms with Crippen LogP contribution >= 0.6 is 0 Å². The minimum atomic E-state index is -0.881. The largest absolute Gasteiger partial charge is 0.480 e. The molecule has 0 amide bonds. The predicted molar refractivity (Wildman–Crippen MR) is 51.2 cm³/mol. The lowest BCUT2D eigenvalue weighted by molar-refractivity contribution is -0.173. The van der Waals surface area contributed by atoms with Gasteiger partial charge >= 0.3 is 5.97 Å². The maximum absolute atomic E-state index is 10.3. The molecule has 1 aliphatic heterocycles. The number of hydrogen-bond donors (Lipinski definition) is 1. The third-order valence-electron chi connectivity index (χ3n) is 3.21. The van der Waals surface area contributed by atoms with E-state index in [4.69, 9.17) is 9.84 Å². The molecule has 14 heavy (non-hydrogen) atoms. The Morgan fingerprint density at radius 1 is 1.57 bits per heavy atom. The smallest absolute Gasteiger partial charge is 0.329 e. The lowest BCUT2D eigenvalue weighted by atomic mass is 9.85. The van der Waals surface area contributed by atoms with Crippen LogP contribution < -0.4 is 0 Å². The molecular weight excluding hydrogens is 182 g/mol. The van der Waals surface area contributed by atoms with Crippen LogP contribution in [0.25, 0.3) is 0 Å². The van der Waals surface area contributed by atoms with Crippen LogP contribution in [0.15, 0.2) is 0 Å². The maximum Gasteiger partial charge on any atom is 0.329 e. The minimum absolute atomic E-state index is 0.172. The molecule has 0 spiro atoms. The third kappa shape index (κ3) is 1.91. The zero-order valence-electron chi connectivity index (χ0n) is 8.53. The highest BCUT2D eigenvalue weighted by Crippen LogP contribution is 2.34. The second-order valence-electron chi connectivity index (χ2n) is 4.62. The molecule has 4 heteroatoms. The zero-order valence-corrected chi connectivity index (χ0v) is 8.53. The van der Waals surface area contributed by atoms with Gasteiger partial charge in [-0.2, -0.15) is 0 Å². The molecule has 4 nitrogen and oxygen atoms in total. The van der Waals surface area contributed by atoms with Crippen molar-refractivity contribution < 1.29 is 14.6 Å². The van der Waals surface area contributed by atoms with Crippen LogP contribution in [0.3, 0.4) is 0 Å². The van der Waals surface area contributed by atoms with Crippen molar-refractivity contribution in [3.05, 3.63) is 0 Å². The van der Waals surface area contributed by atoms with E-state index < -0.39 is 5.97 Å². The molecule has 0 atom stereocenters. The first-order valence-corrected chi connectivity index (χ1v) is 5.19. The summed E-state index contributed by atoms with van der Waals surface area (Å²) < 4.78 is 5.33. The van der Waals surface area contributed by atoms with Crippen LogP contribution in [0.2, 0.25) is 0 Å². The van der Waals surface area contributed by atoms with Gasteiger partial charge in [-0.15, -0.1) is 0 Å². The highest BCUT2D eigenvalue weighted by molar-refractivity contribution is 5.68. The molecule has 2 rings (SSSR count). The number of nitrogens with zero attached hydrogens (tertiary/aromatic N) is 1. The van der Waals surface area contributed by atoms with Gasteiger partial charge in [-0.3, -0.25) is 4.90 Å². The standard InChI is InChI=1S/C10H17NO3/c1-10(14-5-9(12)13)6-11(7-10)8-3-2-4-8/h8H,2-7H2,1H3,(H,12,13). The third-order valence-corrected chi connectivity index (χ3v) is 3.21. The van der Waals surface area contributed by atoms with Crippen LogP contribution in [-0.2, 0) is 9.53 Å². The highest BCUT2D eigenvalue weighted by Gasteiger charge is 2.44. The molecule has 0 unspecified atom stereocenters. The number of carbonyl (C=O) groups is 1. The molecule has 1 N–H and O–H groups in total. The minimum Gasteiger partial charge on any atom is -0.480 e. The molecule has 2 fully saturated rings. The van der Waals surface area contributed by atoms with Crippen molar-refractivity contribution in [1.29, 1.82) is 0 Å². The van der Waals surface area contributed by atoms with Crippen molar-refractivity contribution in [3.63, 3.8) is 0 Å². The van der Waals surface area contributed by atoms with Crippen LogP contribution in [-0.4, -0.2) is 47.3 Å². The fourth-order valence-electron chi connectivity index (χ4n) is 2.15. The average Bonchev–Trinajstić information content (AvgIpc) is 1.94. The Hall–Kier alpha value is -0.610. The molecule has 1 heterocycles. The first kappa shape index (κ1) is 9.93. The van der Waals surface area contributed by atoms with Gasteiger partial charge in [-0.25, -0.2) is 4.79 Å². The average molecular weight is 199 g/mol. The molecule has 1 saturated carbocycles. The lowest BCUT2D eigenvalue weighted by Crippen LogP contribution is -2.65. The Morgan fingerprint density at radius 2 is 2.21 bits per heavy atom. The van der Waals surface area contributed by atoms with Crippen molar-refractivity contribution in [2.75, 3.05) is 19.7 Å². The molecule has 0 aromatic heterocycles. The molecule has 80 valence electrons. The monoisotopic (exact) mass is 199 g/mol. The Morgan fingerprint density at radius 3 is 2.64 bits per heavy atom. The number of likely N-dealkylation sites (tertiary alicyclic amines) is 1. The van der Waals surface area contributed by atoms with Crippen molar-refractivity contribution in [3.8, 4) is 0 Å². The van der Waals surface area contributed by atoms with Crippen molar-refractivity contribution in [1.82, 2.24) is 4.90 Å². The van der Waals surface area contributed by atoms with Gasteiger partial charge in [0.1, 0.15) is 6.61 Å². The summed E-state index contributed by atoms with van der Waals surface area (Å²) in [6.07, 6.45) is 3.94. The maximum atomic E-state index is 10.3. The topological polar surface area (TPSA) is 49.8 Å². The summed E-state index contributed by atoms with van der Waals surface area (Å²) in [5, 5.41) is 8.49. The first-order valence-electron chi connectivity index (χ1n) is 5.19. The number of hydrogen-bond acceptors (Lipinski definition) is 3. The van der Waals surface area contributed by atoms with Gasteiger partial charge in [-0.05, 0) is 19.8 Å². The SMILES string of the molecule is CC1(OCC(=O)O)CN(C2CCC2)C1. The quantitative estimate of drug-likeness (QED) is 0.724. The molecule has 0 aromatic carbocycles. The first-order chi connectivity index (χ1) is 6.59. The summed E-state index contributed by atoms with van der Waals surface area (Å²) in [6, 6.07) is 0.747. The molecule has 0 radical (unpaired) electrons. The number of aliphatic carboxylic acids is 1. The van der Waals surface area contributed by atoms with Gasteiger partial charge in [-0.1, -0.05) is 6.42 Å². The number of rotatable bonds is 4. The van der Waals surface area contributed by atoms with E-state index in [1.54, 1.807) is 0 Å². The summed E-state index contributed by atoms with van der Waals surface area (Å²) in [4.78, 5) is 12.7. The zero-order chi connectivity index (χ0) is 10.2. The summed E-state index contributed by atoms with van der Waals surface area (Å²) in [5.74, 6) is -0.881. The van der Waals surface area contributed by atoms with Gasteiger partial charge in [0.05, 0.1) is 5.60 Å². The summed E-state index contributed by atoms with van der Waals surface area (Å²) in [6.45, 7) is 3.61. The molecule has 2 aliphatic rings. The highest BCUT2D eigenvalue weighted by atomic mass is 16.5. The molecule has 1 saturated heterocycles. The summed E-state index contributed by atoms with van der Waals surface area (Å²) in [5.41, 5.74) is -0.214. The number of ether oxygens (including phenoxy) is 1. The second-order valence-corrected chi connectivity index (χ2v) is 4.62. The van der Waals surface area contributed by atoms with Crippen molar-refractivity contribution in [2.45, 2.75) is 37.8 Å². The number of carboxylic acids is 1. The lowest BCUT2D eigenvalue weighted by Gasteiger charge is -2.53. The van der Waals surface area contributed by atoms with E-state index in [0.717, 1.165) is 19.1 Å². The summed E-state index contributed by atoms with van der Waals surface area (Å²) >= 11 is 0. The Bertz CT molecular complexity index is 232. The Kier molecular flexibility index (Phi) is 2.49. The van der Waals surface area contributed by atoms with Crippen LogP contribution in [0.5, 0.6) is 0 Å². The number of carboxylic acid groups (broad SMARTS) is 1. The Labute approximate surface area is 83.8 Å². The fourth-order valence-corrected chi connectivity index (χ4v) is 2.15. The normalized spacial score (nSPS) is 26.6. The fraction of sp³-hybridized carbons (Fsp3) is 0.900. The van der Waals surface area contributed by atoms with Crippen LogP contribution in [0.4, 0.5) is 0 Å². The van der Waals surface area contributed by atoms with E-state index >= 15 is 0 Å². The van der Waals surface area contributed by atoms with Gasteiger partial charge in [0.2, 0.25) is 0 Å². The Balaban J connectivity index is 1.70. The molecule has 0 bridgehead atoms. The van der Waals surface area contributed by atoms with Gasteiger partial charge in [0.25, 0.3) is 0 Å². The van der Waals surface area contributed by atoms with Crippen LogP contribution in [0, 0.1) is 0 Å². The van der Waals surface area contributed by atoms with Gasteiger partial charge in [0, 0.05) is 19.1 Å². The second kappa shape index (κ2) is 3.51. The van der Waals surface area contributed by atoms with E-state index in [2.05, 4.69) is 4.90 Å². The molecule has 1 aliphatic carbocycles. The van der Waals surface area contributed by atoms with Crippen LogP contribution in [0.1, 0.15) is 26.2 Å². The van der Waals surface area contributed by atoms with E-state index in [-0.39, 0.29) is 12.2 Å². The van der Waals surface area contributed by atoms with Crippen molar-refractivity contribution in [2.24, 2.45) is 0 Å². The van der Waals surface area contributed by atoms with Gasteiger partial charge < -0.3 is 9.84 Å². The molecular formula is C10H17NO3.